The Morgan fingerprint density at radius 3 is 0.308 bits per heavy atom. The van der Waals surface area contributed by atoms with Gasteiger partial charge in [0, 0.05) is 22.4 Å². The molecule has 0 aromatic carbocycles. The first-order chi connectivity index (χ1) is 6.00. The molecule has 0 saturated heterocycles. The molecule has 0 bridgehead atoms. The van der Waals surface area contributed by atoms with Crippen molar-refractivity contribution in [2.75, 3.05) is 0 Å². The molecule has 0 unspecified atom stereocenters. The van der Waals surface area contributed by atoms with Crippen molar-refractivity contribution in [3.05, 3.63) is 39.4 Å². The first-order valence-electron chi connectivity index (χ1n) is 1.34. The van der Waals surface area contributed by atoms with Crippen molar-refractivity contribution in [2.45, 2.75) is 0 Å². The van der Waals surface area contributed by atoms with E-state index in [0.29, 0.717) is 0 Å². The summed E-state index contributed by atoms with van der Waals surface area (Å²) >= 11 is 0. The van der Waals surface area contributed by atoms with E-state index in [0.717, 1.165) is 0 Å². The fourth-order valence-electron chi connectivity index (χ4n) is 0. The fourth-order valence-corrected chi connectivity index (χ4v) is 0. The van der Waals surface area contributed by atoms with Crippen molar-refractivity contribution < 1.29 is 22.4 Å². The van der Waals surface area contributed by atoms with Crippen LogP contribution in [0.15, 0.2) is 0 Å². The van der Waals surface area contributed by atoms with E-state index in [4.69, 9.17) is 71.0 Å². The largest absolute Gasteiger partial charge is 0.512 e. The van der Waals surface area contributed by atoms with Gasteiger partial charge in [-0.15, -0.1) is 0 Å². The first kappa shape index (κ1) is 73.9. The number of hydrogen-bond acceptors (Lipinski definition) is 6. The monoisotopic (exact) mass is 353 g/mol. The van der Waals surface area contributed by atoms with Crippen LogP contribution in [0.25, 0.3) is 0 Å². The fraction of sp³-hybridized carbons (Fsp3) is 0. The van der Waals surface area contributed by atoms with E-state index in [9.17, 15) is 0 Å². The van der Waals surface area contributed by atoms with Crippen LogP contribution < -0.4 is 0 Å². The maximum atomic E-state index is 6.25. The second kappa shape index (κ2) is 136. The van der Waals surface area contributed by atoms with Gasteiger partial charge in [0.25, 0.3) is 0 Å². The van der Waals surface area contributed by atoms with Crippen molar-refractivity contribution >= 4 is 0 Å². The van der Waals surface area contributed by atoms with Gasteiger partial charge < -0.3 is 71.0 Å². The van der Waals surface area contributed by atoms with E-state index in [1.165, 1.54) is 0 Å². The van der Waals surface area contributed by atoms with Crippen LogP contribution in [-0.4, -0.2) is 0 Å². The molecule has 0 aliphatic carbocycles. The first-order valence-corrected chi connectivity index (χ1v) is 1.34. The Kier molecular flexibility index (Phi) is 770. The summed E-state index contributed by atoms with van der Waals surface area (Å²) < 4.78 is 0. The Labute approximate surface area is 93.6 Å². The Hall–Kier alpha value is -2.32. The van der Waals surface area contributed by atoms with Gasteiger partial charge in [-0.1, -0.05) is 0 Å². The maximum Gasteiger partial charge on any atom is 0 e. The minimum absolute atomic E-state index is 0. The molecule has 0 aliphatic rings. The summed E-state index contributed by atoms with van der Waals surface area (Å²) in [5.74, 6) is 0. The quantitative estimate of drug-likeness (QED) is 0.460. The standard InChI is InChI=1S/6CN.Au/c6*1-2;/q6*-1;. The molecule has 7 heteroatoms. The van der Waals surface area contributed by atoms with Crippen LogP contribution in [0.5, 0.6) is 0 Å². The van der Waals surface area contributed by atoms with Gasteiger partial charge in [-0.05, 0) is 0 Å². The molecule has 0 aromatic heterocycles. The average molecular weight is 353 g/mol. The van der Waals surface area contributed by atoms with E-state index in [1.807, 2.05) is 0 Å². The molecular weight excluding hydrogens is 353 g/mol. The predicted molar refractivity (Wildman–Crippen MR) is 29.8 cm³/mol. The van der Waals surface area contributed by atoms with Crippen LogP contribution in [0.3, 0.4) is 0 Å². The third kappa shape index (κ3) is 106. The van der Waals surface area contributed by atoms with Crippen LogP contribution in [0, 0.1) is 71.0 Å². The number of nitrogens with zero attached hydrogens (tertiary/aromatic N) is 6. The van der Waals surface area contributed by atoms with Crippen LogP contribution in [0.4, 0.5) is 0 Å². The summed E-state index contributed by atoms with van der Waals surface area (Å²) in [5.41, 5.74) is 0. The van der Waals surface area contributed by atoms with Crippen molar-refractivity contribution in [3.63, 3.8) is 0 Å². The summed E-state index contributed by atoms with van der Waals surface area (Å²) in [6.07, 6.45) is 0. The molecule has 0 aliphatic heterocycles. The molecule has 0 saturated carbocycles. The van der Waals surface area contributed by atoms with Crippen molar-refractivity contribution in [3.8, 4) is 0 Å². The van der Waals surface area contributed by atoms with Gasteiger partial charge in [-0.3, -0.25) is 0 Å². The van der Waals surface area contributed by atoms with Gasteiger partial charge in [0.2, 0.25) is 0 Å². The zero-order valence-electron chi connectivity index (χ0n) is 5.98. The van der Waals surface area contributed by atoms with E-state index in [2.05, 4.69) is 0 Å². The normalized spacial score (nSPS) is 0.923. The summed E-state index contributed by atoms with van der Waals surface area (Å²) in [5, 5.41) is 37.5. The van der Waals surface area contributed by atoms with Crippen LogP contribution >= 0.6 is 0 Å². The topological polar surface area (TPSA) is 143 Å². The third-order valence-electron chi connectivity index (χ3n) is 0. The molecule has 1 radical (unpaired) electrons. The van der Waals surface area contributed by atoms with Crippen molar-refractivity contribution in [1.82, 2.24) is 0 Å². The minimum Gasteiger partial charge on any atom is -0.512 e. The molecule has 0 amide bonds. The molecule has 0 rings (SSSR count). The molecule has 0 spiro atoms. The summed E-state index contributed by atoms with van der Waals surface area (Å²) in [6, 6.07) is 0. The van der Waals surface area contributed by atoms with E-state index >= 15 is 0 Å². The molecule has 0 N–H and O–H groups in total. The Bertz CT molecular complexity index is 92.1. The van der Waals surface area contributed by atoms with Crippen LogP contribution in [0.2, 0.25) is 0 Å². The second-order valence-electron chi connectivity index (χ2n) is 0. The Morgan fingerprint density at radius 2 is 0.308 bits per heavy atom. The minimum atomic E-state index is 0. The average Bonchev–Trinajstić information content (AvgIpc) is 2.33. The molecular formula is C6AuN6-6. The SMILES string of the molecule is [Au].[C-]#N.[C-]#N.[C-]#N.[C-]#N.[C-]#N.[C-]#N. The summed E-state index contributed by atoms with van der Waals surface area (Å²) in [7, 11) is 0. The van der Waals surface area contributed by atoms with Crippen LogP contribution in [-0.2, 0) is 22.4 Å². The van der Waals surface area contributed by atoms with Gasteiger partial charge >= 0.3 is 0 Å². The molecule has 71 valence electrons. The van der Waals surface area contributed by atoms with Gasteiger partial charge in [-0.2, -0.15) is 0 Å². The molecule has 13 heavy (non-hydrogen) atoms. The summed E-state index contributed by atoms with van der Waals surface area (Å²) in [6.45, 7) is 28.5. The van der Waals surface area contributed by atoms with Gasteiger partial charge in [0.15, 0.2) is 0 Å². The summed E-state index contributed by atoms with van der Waals surface area (Å²) in [4.78, 5) is 0. The maximum absolute atomic E-state index is 6.25. The Balaban J connectivity index is -0.00000000655. The Morgan fingerprint density at radius 1 is 0.308 bits per heavy atom. The molecule has 0 fully saturated rings. The number of hydrogen-bond donors (Lipinski definition) is 0. The van der Waals surface area contributed by atoms with Crippen molar-refractivity contribution in [1.29, 1.82) is 31.6 Å². The predicted octanol–water partition coefficient (Wildman–Crippen LogP) is 0.576. The molecule has 0 heterocycles. The van der Waals surface area contributed by atoms with Gasteiger partial charge in [0.1, 0.15) is 0 Å². The zero-order valence-corrected chi connectivity index (χ0v) is 8.15. The van der Waals surface area contributed by atoms with E-state index in [-0.39, 0.29) is 22.4 Å². The third-order valence-corrected chi connectivity index (χ3v) is 0. The van der Waals surface area contributed by atoms with E-state index < -0.39 is 0 Å². The van der Waals surface area contributed by atoms with Crippen molar-refractivity contribution in [2.24, 2.45) is 0 Å². The van der Waals surface area contributed by atoms with E-state index in [1.54, 1.807) is 0 Å². The zero-order chi connectivity index (χ0) is 12.0. The smallest absolute Gasteiger partial charge is 0 e. The number of rotatable bonds is 0. The molecule has 0 atom stereocenters. The van der Waals surface area contributed by atoms with Gasteiger partial charge in [0.05, 0.1) is 0 Å². The molecule has 6 nitrogen and oxygen atoms in total. The van der Waals surface area contributed by atoms with Crippen LogP contribution in [0.1, 0.15) is 0 Å². The van der Waals surface area contributed by atoms with Gasteiger partial charge in [-0.25, -0.2) is 0 Å². The second-order valence-corrected chi connectivity index (χ2v) is 0. The molecule has 0 aromatic rings.